The van der Waals surface area contributed by atoms with Gasteiger partial charge in [0.05, 0.1) is 18.3 Å². The van der Waals surface area contributed by atoms with E-state index in [2.05, 4.69) is 19.9 Å². The van der Waals surface area contributed by atoms with Crippen LogP contribution in [-0.2, 0) is 5.60 Å². The van der Waals surface area contributed by atoms with Gasteiger partial charge in [0.15, 0.2) is 0 Å². The predicted molar refractivity (Wildman–Crippen MR) is 97.9 cm³/mol. The highest BCUT2D eigenvalue weighted by atomic mass is 16.5. The van der Waals surface area contributed by atoms with Crippen molar-refractivity contribution in [3.63, 3.8) is 0 Å². The zero-order chi connectivity index (χ0) is 18.0. The summed E-state index contributed by atoms with van der Waals surface area (Å²) in [7, 11) is 1.57. The molecule has 0 unspecified atom stereocenters. The molecule has 4 nitrogen and oxygen atoms in total. The van der Waals surface area contributed by atoms with E-state index >= 15 is 0 Å². The third-order valence-electron chi connectivity index (χ3n) is 5.32. The van der Waals surface area contributed by atoms with Crippen molar-refractivity contribution in [2.75, 3.05) is 20.2 Å². The molecule has 0 bridgehead atoms. The lowest BCUT2D eigenvalue weighted by molar-refractivity contribution is -0.0216. The molecule has 2 aromatic rings. The van der Waals surface area contributed by atoms with Crippen LogP contribution in [0.25, 0.3) is 0 Å². The zero-order valence-electron chi connectivity index (χ0n) is 15.1. The van der Waals surface area contributed by atoms with Crippen LogP contribution in [0.3, 0.4) is 0 Å². The van der Waals surface area contributed by atoms with Crippen LogP contribution in [0.2, 0.25) is 0 Å². The quantitative estimate of drug-likeness (QED) is 0.932. The second-order valence-corrected chi connectivity index (χ2v) is 6.77. The smallest absolute Gasteiger partial charge is 0.257 e. The highest BCUT2D eigenvalue weighted by Crippen LogP contribution is 2.36. The molecule has 1 N–H and O–H groups in total. The number of carbonyl (C=O) groups excluding carboxylic acids is 1. The SMILES string of the molecule is COc1ccccc1C(=O)N1CCC(O)(c2cccc(C)c2C)CC1. The fraction of sp³-hybridized carbons (Fsp3) is 0.381. The van der Waals surface area contributed by atoms with E-state index in [4.69, 9.17) is 4.74 Å². The Morgan fingerprint density at radius 3 is 2.44 bits per heavy atom. The van der Waals surface area contributed by atoms with Gasteiger partial charge in [0.2, 0.25) is 0 Å². The maximum absolute atomic E-state index is 12.8. The molecule has 3 rings (SSSR count). The lowest BCUT2D eigenvalue weighted by atomic mass is 9.81. The van der Waals surface area contributed by atoms with Gasteiger partial charge >= 0.3 is 0 Å². The summed E-state index contributed by atoms with van der Waals surface area (Å²) < 4.78 is 5.30. The molecule has 1 saturated heterocycles. The number of hydrogen-bond acceptors (Lipinski definition) is 3. The van der Waals surface area contributed by atoms with Gasteiger partial charge in [-0.3, -0.25) is 4.79 Å². The average molecular weight is 339 g/mol. The molecule has 2 aromatic carbocycles. The summed E-state index contributed by atoms with van der Waals surface area (Å²) in [6.45, 7) is 5.17. The first-order valence-electron chi connectivity index (χ1n) is 8.67. The summed E-state index contributed by atoms with van der Waals surface area (Å²) in [5.41, 5.74) is 3.00. The Labute approximate surface area is 149 Å². The molecule has 4 heteroatoms. The van der Waals surface area contributed by atoms with E-state index in [1.54, 1.807) is 24.1 Å². The van der Waals surface area contributed by atoms with E-state index in [0.717, 1.165) is 11.1 Å². The van der Waals surface area contributed by atoms with E-state index < -0.39 is 5.60 Å². The molecule has 0 saturated carbocycles. The van der Waals surface area contributed by atoms with E-state index in [1.165, 1.54) is 5.56 Å². The van der Waals surface area contributed by atoms with Gasteiger partial charge in [-0.2, -0.15) is 0 Å². The number of likely N-dealkylation sites (tertiary alicyclic amines) is 1. The van der Waals surface area contributed by atoms with E-state index in [-0.39, 0.29) is 5.91 Å². The fourth-order valence-corrected chi connectivity index (χ4v) is 3.60. The van der Waals surface area contributed by atoms with Gasteiger partial charge in [0, 0.05) is 13.1 Å². The van der Waals surface area contributed by atoms with Crippen LogP contribution < -0.4 is 4.74 Å². The van der Waals surface area contributed by atoms with Crippen molar-refractivity contribution in [3.8, 4) is 5.75 Å². The topological polar surface area (TPSA) is 49.8 Å². The second-order valence-electron chi connectivity index (χ2n) is 6.77. The Balaban J connectivity index is 1.77. The Hall–Kier alpha value is -2.33. The minimum atomic E-state index is -0.867. The molecular formula is C21H25NO3. The Kier molecular flexibility index (Phi) is 4.82. The molecule has 132 valence electrons. The van der Waals surface area contributed by atoms with Crippen LogP contribution in [0.15, 0.2) is 42.5 Å². The highest BCUT2D eigenvalue weighted by Gasteiger charge is 2.37. The van der Waals surface area contributed by atoms with Gasteiger partial charge in [-0.1, -0.05) is 30.3 Å². The van der Waals surface area contributed by atoms with Crippen LogP contribution in [0, 0.1) is 13.8 Å². The predicted octanol–water partition coefficient (Wildman–Crippen LogP) is 3.44. The number of methoxy groups -OCH3 is 1. The van der Waals surface area contributed by atoms with Crippen molar-refractivity contribution in [1.82, 2.24) is 4.90 Å². The Bertz CT molecular complexity index is 776. The van der Waals surface area contributed by atoms with E-state index in [1.807, 2.05) is 24.3 Å². The standard InChI is InChI=1S/C21H25NO3/c1-15-7-6-9-18(16(15)2)21(24)11-13-22(14-12-21)20(23)17-8-4-5-10-19(17)25-3/h4-10,24H,11-14H2,1-3H3. The van der Waals surface area contributed by atoms with Crippen molar-refractivity contribution in [2.24, 2.45) is 0 Å². The Morgan fingerprint density at radius 2 is 1.76 bits per heavy atom. The first-order chi connectivity index (χ1) is 12.0. The minimum absolute atomic E-state index is 0.0412. The van der Waals surface area contributed by atoms with Crippen LogP contribution in [-0.4, -0.2) is 36.1 Å². The van der Waals surface area contributed by atoms with Gasteiger partial charge in [0.1, 0.15) is 5.75 Å². The van der Waals surface area contributed by atoms with Crippen LogP contribution in [0.1, 0.15) is 39.9 Å². The molecule has 0 atom stereocenters. The summed E-state index contributed by atoms with van der Waals surface area (Å²) in [6, 6.07) is 13.3. The van der Waals surface area contributed by atoms with Gasteiger partial charge < -0.3 is 14.7 Å². The first-order valence-corrected chi connectivity index (χ1v) is 8.67. The number of ether oxygens (including phenoxy) is 1. The summed E-state index contributed by atoms with van der Waals surface area (Å²) in [5, 5.41) is 11.2. The number of rotatable bonds is 3. The molecule has 0 aromatic heterocycles. The number of aliphatic hydroxyl groups is 1. The normalized spacial score (nSPS) is 16.6. The number of nitrogens with zero attached hydrogens (tertiary/aromatic N) is 1. The van der Waals surface area contributed by atoms with Gasteiger partial charge in [-0.25, -0.2) is 0 Å². The van der Waals surface area contributed by atoms with Gasteiger partial charge in [0.25, 0.3) is 5.91 Å². The third-order valence-corrected chi connectivity index (χ3v) is 5.32. The monoisotopic (exact) mass is 339 g/mol. The summed E-state index contributed by atoms with van der Waals surface area (Å²) in [6.07, 6.45) is 1.08. The molecule has 0 radical (unpaired) electrons. The summed E-state index contributed by atoms with van der Waals surface area (Å²) in [5.74, 6) is 0.545. The van der Waals surface area contributed by atoms with E-state index in [9.17, 15) is 9.90 Å². The number of carbonyl (C=O) groups is 1. The zero-order valence-corrected chi connectivity index (χ0v) is 15.1. The van der Waals surface area contributed by atoms with E-state index in [0.29, 0.717) is 37.2 Å². The number of amides is 1. The molecule has 1 fully saturated rings. The maximum Gasteiger partial charge on any atom is 0.257 e. The number of benzene rings is 2. The molecular weight excluding hydrogens is 314 g/mol. The van der Waals surface area contributed by atoms with Crippen molar-refractivity contribution in [2.45, 2.75) is 32.3 Å². The van der Waals surface area contributed by atoms with Crippen LogP contribution in [0.4, 0.5) is 0 Å². The number of aryl methyl sites for hydroxylation is 1. The van der Waals surface area contributed by atoms with Crippen molar-refractivity contribution in [1.29, 1.82) is 0 Å². The molecule has 1 heterocycles. The minimum Gasteiger partial charge on any atom is -0.496 e. The largest absolute Gasteiger partial charge is 0.496 e. The maximum atomic E-state index is 12.8. The number of para-hydroxylation sites is 1. The summed E-state index contributed by atoms with van der Waals surface area (Å²) >= 11 is 0. The highest BCUT2D eigenvalue weighted by molar-refractivity contribution is 5.97. The molecule has 1 aliphatic rings. The molecule has 0 spiro atoms. The molecule has 1 aliphatic heterocycles. The number of piperidine rings is 1. The fourth-order valence-electron chi connectivity index (χ4n) is 3.60. The van der Waals surface area contributed by atoms with Crippen molar-refractivity contribution in [3.05, 3.63) is 64.7 Å². The third kappa shape index (κ3) is 3.27. The van der Waals surface area contributed by atoms with Crippen molar-refractivity contribution < 1.29 is 14.6 Å². The van der Waals surface area contributed by atoms with Gasteiger partial charge in [-0.15, -0.1) is 0 Å². The van der Waals surface area contributed by atoms with Crippen molar-refractivity contribution >= 4 is 5.91 Å². The lowest BCUT2D eigenvalue weighted by Crippen LogP contribution is -2.45. The number of hydrogen-bond donors (Lipinski definition) is 1. The molecule has 1 amide bonds. The molecule has 25 heavy (non-hydrogen) atoms. The molecule has 0 aliphatic carbocycles. The average Bonchev–Trinajstić information content (AvgIpc) is 2.64. The Morgan fingerprint density at radius 1 is 1.08 bits per heavy atom. The second kappa shape index (κ2) is 6.89. The first kappa shape index (κ1) is 17.5. The van der Waals surface area contributed by atoms with Gasteiger partial charge in [-0.05, 0) is 55.5 Å². The summed E-state index contributed by atoms with van der Waals surface area (Å²) in [4.78, 5) is 14.6. The lowest BCUT2D eigenvalue weighted by Gasteiger charge is -2.39. The van der Waals surface area contributed by atoms with Crippen LogP contribution >= 0.6 is 0 Å². The van der Waals surface area contributed by atoms with Crippen LogP contribution in [0.5, 0.6) is 5.75 Å².